The van der Waals surface area contributed by atoms with Crippen LogP contribution in [0.4, 0.5) is 0 Å². The van der Waals surface area contributed by atoms with Gasteiger partial charge in [-0.25, -0.2) is 0 Å². The number of ether oxygens (including phenoxy) is 1. The van der Waals surface area contributed by atoms with Gasteiger partial charge in [-0.05, 0) is 29.3 Å². The van der Waals surface area contributed by atoms with Gasteiger partial charge in [-0.1, -0.05) is 83.6 Å². The fourth-order valence-electron chi connectivity index (χ4n) is 3.25. The third-order valence-corrected chi connectivity index (χ3v) is 6.12. The molecule has 0 spiro atoms. The average molecular weight is 435 g/mol. The lowest BCUT2D eigenvalue weighted by Gasteiger charge is -2.07. The molecule has 0 saturated heterocycles. The van der Waals surface area contributed by atoms with Crippen LogP contribution in [0, 0.1) is 0 Å². The Bertz CT molecular complexity index is 1260. The van der Waals surface area contributed by atoms with Crippen molar-refractivity contribution >= 4 is 28.8 Å². The summed E-state index contributed by atoms with van der Waals surface area (Å²) >= 11 is 7.57. The summed E-state index contributed by atoms with van der Waals surface area (Å²) in [6.07, 6.45) is 0. The zero-order chi connectivity index (χ0) is 21.1. The van der Waals surface area contributed by atoms with Gasteiger partial charge in [-0.2, -0.15) is 4.99 Å². The molecule has 0 aliphatic heterocycles. The number of halogens is 1. The van der Waals surface area contributed by atoms with Crippen LogP contribution >= 0.6 is 22.9 Å². The first-order valence-electron chi connectivity index (χ1n) is 9.31. The second-order valence-corrected chi connectivity index (χ2v) is 8.03. The van der Waals surface area contributed by atoms with Gasteiger partial charge in [-0.15, -0.1) is 0 Å². The fourth-order valence-corrected chi connectivity index (χ4v) is 4.57. The van der Waals surface area contributed by atoms with Gasteiger partial charge in [0.25, 0.3) is 5.91 Å². The minimum absolute atomic E-state index is 0.334. The monoisotopic (exact) mass is 434 g/mol. The van der Waals surface area contributed by atoms with Crippen molar-refractivity contribution in [3.05, 3.63) is 94.3 Å². The van der Waals surface area contributed by atoms with Crippen LogP contribution in [0.25, 0.3) is 21.7 Å². The lowest BCUT2D eigenvalue weighted by molar-refractivity contribution is 0.0995. The quantitative estimate of drug-likeness (QED) is 0.406. The summed E-state index contributed by atoms with van der Waals surface area (Å²) in [7, 11) is 3.44. The van der Waals surface area contributed by atoms with E-state index in [1.807, 2.05) is 48.0 Å². The molecule has 0 atom stereocenters. The number of carbonyl (C=O) groups is 1. The molecule has 1 aromatic heterocycles. The second kappa shape index (κ2) is 8.69. The van der Waals surface area contributed by atoms with E-state index in [0.717, 1.165) is 21.7 Å². The molecule has 4 rings (SSSR count). The van der Waals surface area contributed by atoms with E-state index < -0.39 is 5.91 Å². The molecule has 6 heteroatoms. The smallest absolute Gasteiger partial charge is 0.283 e. The van der Waals surface area contributed by atoms with Crippen LogP contribution in [0.1, 0.15) is 10.4 Å². The molecule has 1 amide bonds. The first kappa shape index (κ1) is 20.1. The van der Waals surface area contributed by atoms with Crippen LogP contribution in [-0.2, 0) is 7.05 Å². The van der Waals surface area contributed by atoms with Gasteiger partial charge in [0.05, 0.1) is 23.2 Å². The lowest BCUT2D eigenvalue weighted by Crippen LogP contribution is -2.14. The van der Waals surface area contributed by atoms with Gasteiger partial charge in [0.1, 0.15) is 5.75 Å². The molecule has 0 unspecified atom stereocenters. The molecule has 150 valence electrons. The van der Waals surface area contributed by atoms with Crippen LogP contribution in [0.15, 0.2) is 83.9 Å². The normalized spacial score (nSPS) is 11.5. The molecule has 4 aromatic rings. The van der Waals surface area contributed by atoms with E-state index in [9.17, 15) is 4.79 Å². The van der Waals surface area contributed by atoms with Crippen LogP contribution < -0.4 is 9.54 Å². The number of hydrogen-bond acceptors (Lipinski definition) is 3. The number of nitrogens with zero attached hydrogens (tertiary/aromatic N) is 2. The maximum atomic E-state index is 13.0. The summed E-state index contributed by atoms with van der Waals surface area (Å²) in [6.45, 7) is 0. The summed E-state index contributed by atoms with van der Waals surface area (Å²) in [6, 6.07) is 25.1. The third kappa shape index (κ3) is 3.95. The molecule has 0 bridgehead atoms. The van der Waals surface area contributed by atoms with Crippen LogP contribution in [0.5, 0.6) is 5.75 Å². The Morgan fingerprint density at radius 3 is 2.23 bits per heavy atom. The first-order valence-corrected chi connectivity index (χ1v) is 10.5. The summed E-state index contributed by atoms with van der Waals surface area (Å²) in [5, 5.41) is 0.458. The number of methoxy groups -OCH3 is 1. The molecule has 0 saturated carbocycles. The standard InChI is InChI=1S/C24H19ClN2O2S/c1-27-21(16-9-5-3-6-10-16)22(17-11-7-4-8-12-17)30-24(27)26-23(28)19-15-18(25)13-14-20(19)29-2/h3-15H,1-2H3. The Morgan fingerprint density at radius 2 is 1.60 bits per heavy atom. The molecule has 30 heavy (non-hydrogen) atoms. The zero-order valence-electron chi connectivity index (χ0n) is 16.5. The molecule has 0 N–H and O–H groups in total. The Kier molecular flexibility index (Phi) is 5.84. The van der Waals surface area contributed by atoms with Crippen molar-refractivity contribution in [2.45, 2.75) is 0 Å². The van der Waals surface area contributed by atoms with E-state index in [1.165, 1.54) is 18.4 Å². The van der Waals surface area contributed by atoms with Crippen LogP contribution in [0.2, 0.25) is 5.02 Å². The zero-order valence-corrected chi connectivity index (χ0v) is 18.1. The van der Waals surface area contributed by atoms with Crippen molar-refractivity contribution in [3.63, 3.8) is 0 Å². The van der Waals surface area contributed by atoms with Gasteiger partial charge in [0.15, 0.2) is 4.80 Å². The molecular weight excluding hydrogens is 416 g/mol. The lowest BCUT2D eigenvalue weighted by atomic mass is 10.1. The molecule has 0 radical (unpaired) electrons. The maximum Gasteiger partial charge on any atom is 0.283 e. The van der Waals surface area contributed by atoms with E-state index in [0.29, 0.717) is 21.1 Å². The number of rotatable bonds is 4. The van der Waals surface area contributed by atoms with E-state index in [2.05, 4.69) is 29.3 Å². The van der Waals surface area contributed by atoms with E-state index in [1.54, 1.807) is 18.2 Å². The Labute approximate surface area is 183 Å². The second-order valence-electron chi connectivity index (χ2n) is 6.61. The average Bonchev–Trinajstić information content (AvgIpc) is 3.10. The van der Waals surface area contributed by atoms with Gasteiger partial charge in [0.2, 0.25) is 0 Å². The van der Waals surface area contributed by atoms with Crippen molar-refractivity contribution in [1.29, 1.82) is 0 Å². The highest BCUT2D eigenvalue weighted by molar-refractivity contribution is 7.13. The minimum Gasteiger partial charge on any atom is -0.496 e. The van der Waals surface area contributed by atoms with Crippen molar-refractivity contribution in [1.82, 2.24) is 4.57 Å². The maximum absolute atomic E-state index is 13.0. The highest BCUT2D eigenvalue weighted by Crippen LogP contribution is 2.34. The Morgan fingerprint density at radius 1 is 0.967 bits per heavy atom. The first-order chi connectivity index (χ1) is 14.6. The number of carbonyl (C=O) groups excluding carboxylic acids is 1. The third-order valence-electron chi connectivity index (χ3n) is 4.70. The summed E-state index contributed by atoms with van der Waals surface area (Å²) < 4.78 is 7.27. The van der Waals surface area contributed by atoms with Gasteiger partial charge >= 0.3 is 0 Å². The minimum atomic E-state index is -0.398. The van der Waals surface area contributed by atoms with Gasteiger partial charge in [-0.3, -0.25) is 4.79 Å². The summed E-state index contributed by atoms with van der Waals surface area (Å²) in [4.78, 5) is 19.0. The number of aromatic nitrogens is 1. The Hall–Kier alpha value is -3.15. The molecule has 4 nitrogen and oxygen atoms in total. The van der Waals surface area contributed by atoms with E-state index in [-0.39, 0.29) is 0 Å². The number of thiazole rings is 1. The van der Waals surface area contributed by atoms with Crippen molar-refractivity contribution in [3.8, 4) is 27.4 Å². The number of benzene rings is 3. The SMILES string of the molecule is COc1ccc(Cl)cc1C(=O)N=c1sc(-c2ccccc2)c(-c2ccccc2)n1C. The molecule has 0 aliphatic carbocycles. The van der Waals surface area contributed by atoms with E-state index in [4.69, 9.17) is 16.3 Å². The summed E-state index contributed by atoms with van der Waals surface area (Å²) in [5.41, 5.74) is 3.48. The van der Waals surface area contributed by atoms with Gasteiger partial charge < -0.3 is 9.30 Å². The number of amides is 1. The predicted octanol–water partition coefficient (Wildman–Crippen LogP) is 5.82. The highest BCUT2D eigenvalue weighted by Gasteiger charge is 2.17. The molecule has 0 fully saturated rings. The van der Waals surface area contributed by atoms with Crippen molar-refractivity contribution < 1.29 is 9.53 Å². The topological polar surface area (TPSA) is 43.6 Å². The van der Waals surface area contributed by atoms with Crippen molar-refractivity contribution in [2.24, 2.45) is 12.0 Å². The largest absolute Gasteiger partial charge is 0.496 e. The highest BCUT2D eigenvalue weighted by atomic mass is 35.5. The number of hydrogen-bond donors (Lipinski definition) is 0. The van der Waals surface area contributed by atoms with Crippen molar-refractivity contribution in [2.75, 3.05) is 7.11 Å². The molecule has 0 aliphatic rings. The fraction of sp³-hybridized carbons (Fsp3) is 0.0833. The Balaban J connectivity index is 1.91. The van der Waals surface area contributed by atoms with Crippen LogP contribution in [0.3, 0.4) is 0 Å². The molecule has 1 heterocycles. The van der Waals surface area contributed by atoms with E-state index >= 15 is 0 Å². The summed E-state index contributed by atoms with van der Waals surface area (Å²) in [5.74, 6) is 0.0457. The van der Waals surface area contributed by atoms with Crippen LogP contribution in [-0.4, -0.2) is 17.6 Å². The predicted molar refractivity (Wildman–Crippen MR) is 122 cm³/mol. The molecule has 3 aromatic carbocycles. The van der Waals surface area contributed by atoms with Gasteiger partial charge in [0, 0.05) is 12.1 Å². The molecular formula is C24H19ClN2O2S.